The molecule has 0 aliphatic rings. The SMILES string of the molecule is Cn1cnc2c(NCCC(O)c3ccccc3)ncnc21. The normalized spacial score (nSPS) is 12.5. The van der Waals surface area contributed by atoms with Crippen molar-refractivity contribution >= 4 is 17.0 Å². The third kappa shape index (κ3) is 2.85. The molecule has 2 N–H and O–H groups in total. The van der Waals surface area contributed by atoms with Gasteiger partial charge in [-0.15, -0.1) is 0 Å². The quantitative estimate of drug-likeness (QED) is 0.748. The molecule has 6 heteroatoms. The van der Waals surface area contributed by atoms with Crippen molar-refractivity contribution < 1.29 is 5.11 Å². The minimum absolute atomic E-state index is 0.486. The molecular formula is C15H17N5O. The number of hydrogen-bond donors (Lipinski definition) is 2. The van der Waals surface area contributed by atoms with Gasteiger partial charge in [-0.25, -0.2) is 15.0 Å². The number of aliphatic hydroxyl groups excluding tert-OH is 1. The molecule has 1 unspecified atom stereocenters. The summed E-state index contributed by atoms with van der Waals surface area (Å²) in [6.07, 6.45) is 3.34. The summed E-state index contributed by atoms with van der Waals surface area (Å²) in [5.74, 6) is 0.695. The Morgan fingerprint density at radius 1 is 1.19 bits per heavy atom. The number of anilines is 1. The van der Waals surface area contributed by atoms with Crippen molar-refractivity contribution in [2.45, 2.75) is 12.5 Å². The molecule has 3 rings (SSSR count). The number of imidazole rings is 1. The van der Waals surface area contributed by atoms with E-state index in [2.05, 4.69) is 20.3 Å². The average molecular weight is 283 g/mol. The summed E-state index contributed by atoms with van der Waals surface area (Å²) in [4.78, 5) is 12.7. The van der Waals surface area contributed by atoms with E-state index in [0.29, 0.717) is 18.8 Å². The fraction of sp³-hybridized carbons (Fsp3) is 0.267. The lowest BCUT2D eigenvalue weighted by molar-refractivity contribution is 0.171. The standard InChI is InChI=1S/C15H17N5O/c1-20-10-19-13-14(17-9-18-15(13)20)16-8-7-12(21)11-5-3-2-4-6-11/h2-6,9-10,12,21H,7-8H2,1H3,(H,16,17,18). The van der Waals surface area contributed by atoms with Crippen molar-refractivity contribution in [3.63, 3.8) is 0 Å². The Morgan fingerprint density at radius 3 is 2.81 bits per heavy atom. The van der Waals surface area contributed by atoms with Gasteiger partial charge in [-0.05, 0) is 12.0 Å². The second-order valence-electron chi connectivity index (χ2n) is 4.89. The highest BCUT2D eigenvalue weighted by molar-refractivity contribution is 5.82. The molecule has 6 nitrogen and oxygen atoms in total. The Morgan fingerprint density at radius 2 is 2.00 bits per heavy atom. The fourth-order valence-corrected chi connectivity index (χ4v) is 2.24. The summed E-state index contributed by atoms with van der Waals surface area (Å²) in [5.41, 5.74) is 2.45. The summed E-state index contributed by atoms with van der Waals surface area (Å²) in [6.45, 7) is 0.610. The van der Waals surface area contributed by atoms with E-state index >= 15 is 0 Å². The number of rotatable bonds is 5. The minimum Gasteiger partial charge on any atom is -0.388 e. The third-order valence-corrected chi connectivity index (χ3v) is 3.39. The van der Waals surface area contributed by atoms with Crippen molar-refractivity contribution in [1.29, 1.82) is 0 Å². The van der Waals surface area contributed by atoms with E-state index in [0.717, 1.165) is 16.7 Å². The largest absolute Gasteiger partial charge is 0.388 e. The van der Waals surface area contributed by atoms with Crippen LogP contribution >= 0.6 is 0 Å². The predicted octanol–water partition coefficient (Wildman–Crippen LogP) is 1.90. The Bertz CT molecular complexity index is 725. The van der Waals surface area contributed by atoms with Gasteiger partial charge >= 0.3 is 0 Å². The molecule has 0 spiro atoms. The number of nitrogens with one attached hydrogen (secondary N) is 1. The van der Waals surface area contributed by atoms with Gasteiger partial charge in [0.25, 0.3) is 0 Å². The van der Waals surface area contributed by atoms with Gasteiger partial charge in [-0.2, -0.15) is 0 Å². The number of aromatic nitrogens is 4. The first-order valence-electron chi connectivity index (χ1n) is 6.84. The number of benzene rings is 1. The Balaban J connectivity index is 1.65. The molecule has 108 valence electrons. The van der Waals surface area contributed by atoms with E-state index < -0.39 is 6.10 Å². The van der Waals surface area contributed by atoms with Gasteiger partial charge in [-0.1, -0.05) is 30.3 Å². The number of nitrogens with zero attached hydrogens (tertiary/aromatic N) is 4. The molecule has 1 aromatic carbocycles. The topological polar surface area (TPSA) is 75.9 Å². The molecule has 21 heavy (non-hydrogen) atoms. The van der Waals surface area contributed by atoms with Crippen molar-refractivity contribution in [2.24, 2.45) is 7.05 Å². The predicted molar refractivity (Wildman–Crippen MR) is 80.8 cm³/mol. The highest BCUT2D eigenvalue weighted by atomic mass is 16.3. The first-order valence-corrected chi connectivity index (χ1v) is 6.84. The molecule has 2 aromatic heterocycles. The molecule has 0 saturated heterocycles. The Labute approximate surface area is 122 Å². The lowest BCUT2D eigenvalue weighted by atomic mass is 10.1. The van der Waals surface area contributed by atoms with Crippen molar-refractivity contribution in [3.05, 3.63) is 48.5 Å². The maximum absolute atomic E-state index is 10.1. The van der Waals surface area contributed by atoms with Gasteiger partial charge in [-0.3, -0.25) is 0 Å². The number of aliphatic hydroxyl groups is 1. The number of fused-ring (bicyclic) bond motifs is 1. The van der Waals surface area contributed by atoms with Crippen LogP contribution in [0.25, 0.3) is 11.2 Å². The number of aryl methyl sites for hydroxylation is 1. The van der Waals surface area contributed by atoms with Gasteiger partial charge in [0.1, 0.15) is 11.8 Å². The van der Waals surface area contributed by atoms with E-state index in [-0.39, 0.29) is 0 Å². The third-order valence-electron chi connectivity index (χ3n) is 3.39. The second kappa shape index (κ2) is 5.88. The molecule has 2 heterocycles. The van der Waals surface area contributed by atoms with Gasteiger partial charge in [0.2, 0.25) is 0 Å². The maximum Gasteiger partial charge on any atom is 0.165 e. The zero-order valence-corrected chi connectivity index (χ0v) is 11.8. The van der Waals surface area contributed by atoms with E-state index in [1.54, 1.807) is 6.33 Å². The Kier molecular flexibility index (Phi) is 3.79. The minimum atomic E-state index is -0.486. The van der Waals surface area contributed by atoms with Crippen LogP contribution in [0.1, 0.15) is 18.1 Å². The number of hydrogen-bond acceptors (Lipinski definition) is 5. The van der Waals surface area contributed by atoms with Crippen molar-refractivity contribution in [2.75, 3.05) is 11.9 Å². The van der Waals surface area contributed by atoms with Gasteiger partial charge < -0.3 is 15.0 Å². The summed E-state index contributed by atoms with van der Waals surface area (Å²) in [6, 6.07) is 9.63. The summed E-state index contributed by atoms with van der Waals surface area (Å²) in [5, 5.41) is 13.3. The van der Waals surface area contributed by atoms with Gasteiger partial charge in [0, 0.05) is 13.6 Å². The first kappa shape index (κ1) is 13.5. The Hall–Kier alpha value is -2.47. The van der Waals surface area contributed by atoms with Crippen LogP contribution in [0.3, 0.4) is 0 Å². The van der Waals surface area contributed by atoms with E-state index in [1.165, 1.54) is 6.33 Å². The van der Waals surface area contributed by atoms with Gasteiger partial charge in [0.05, 0.1) is 12.4 Å². The molecule has 3 aromatic rings. The van der Waals surface area contributed by atoms with Crippen LogP contribution in [0.5, 0.6) is 0 Å². The molecule has 0 aliphatic carbocycles. The van der Waals surface area contributed by atoms with E-state index in [4.69, 9.17) is 0 Å². The van der Waals surface area contributed by atoms with E-state index in [1.807, 2.05) is 41.9 Å². The zero-order valence-electron chi connectivity index (χ0n) is 11.8. The highest BCUT2D eigenvalue weighted by Gasteiger charge is 2.10. The highest BCUT2D eigenvalue weighted by Crippen LogP contribution is 2.18. The van der Waals surface area contributed by atoms with Crippen molar-refractivity contribution in [1.82, 2.24) is 19.5 Å². The molecule has 0 aliphatic heterocycles. The van der Waals surface area contributed by atoms with Crippen LogP contribution in [-0.2, 0) is 7.05 Å². The van der Waals surface area contributed by atoms with E-state index in [9.17, 15) is 5.11 Å². The summed E-state index contributed by atoms with van der Waals surface area (Å²) in [7, 11) is 1.89. The lowest BCUT2D eigenvalue weighted by Crippen LogP contribution is -2.09. The smallest absolute Gasteiger partial charge is 0.165 e. The molecule has 0 radical (unpaired) electrons. The van der Waals surface area contributed by atoms with Crippen LogP contribution in [0.4, 0.5) is 5.82 Å². The average Bonchev–Trinajstić information content (AvgIpc) is 2.91. The maximum atomic E-state index is 10.1. The zero-order chi connectivity index (χ0) is 14.7. The molecule has 0 fully saturated rings. The molecule has 0 saturated carbocycles. The summed E-state index contributed by atoms with van der Waals surface area (Å²) >= 11 is 0. The molecule has 0 bridgehead atoms. The van der Waals surface area contributed by atoms with Gasteiger partial charge in [0.15, 0.2) is 11.5 Å². The van der Waals surface area contributed by atoms with Crippen LogP contribution < -0.4 is 5.32 Å². The van der Waals surface area contributed by atoms with Crippen molar-refractivity contribution in [3.8, 4) is 0 Å². The van der Waals surface area contributed by atoms with Crippen LogP contribution in [-0.4, -0.2) is 31.2 Å². The molecular weight excluding hydrogens is 266 g/mol. The molecule has 0 amide bonds. The molecule has 1 atom stereocenters. The lowest BCUT2D eigenvalue weighted by Gasteiger charge is -2.11. The summed E-state index contributed by atoms with van der Waals surface area (Å²) < 4.78 is 1.85. The fourth-order valence-electron chi connectivity index (χ4n) is 2.24. The van der Waals surface area contributed by atoms with Crippen LogP contribution in [0.15, 0.2) is 43.0 Å². The first-order chi connectivity index (χ1) is 10.3. The van der Waals surface area contributed by atoms with Crippen LogP contribution in [0, 0.1) is 0 Å². The monoisotopic (exact) mass is 283 g/mol. The van der Waals surface area contributed by atoms with Crippen LogP contribution in [0.2, 0.25) is 0 Å². The second-order valence-corrected chi connectivity index (χ2v) is 4.89.